The van der Waals surface area contributed by atoms with Crippen LogP contribution in [0.2, 0.25) is 0 Å². The molecule has 5 heterocycles. The number of carbonyl (C=O) groups excluding carboxylic acids is 1. The molecule has 0 radical (unpaired) electrons. The second-order valence-electron chi connectivity index (χ2n) is 9.89. The van der Waals surface area contributed by atoms with Crippen molar-refractivity contribution in [3.8, 4) is 11.3 Å². The van der Waals surface area contributed by atoms with Crippen molar-refractivity contribution in [3.05, 3.63) is 60.8 Å². The van der Waals surface area contributed by atoms with Gasteiger partial charge in [-0.15, -0.1) is 0 Å². The number of fused-ring (bicyclic) bond motifs is 1. The number of anilines is 2. The van der Waals surface area contributed by atoms with Crippen molar-refractivity contribution in [1.29, 1.82) is 0 Å². The first kappa shape index (κ1) is 23.1. The van der Waals surface area contributed by atoms with E-state index in [9.17, 15) is 4.79 Å². The molecule has 0 bridgehead atoms. The molecule has 9 nitrogen and oxygen atoms in total. The van der Waals surface area contributed by atoms with E-state index < -0.39 is 0 Å². The SMILES string of the molecule is BC(B)(B)N1CCN(c2cc(C(=O)Nc3cc4cc(-c5cnn(C)c5)ncc4cn3)ccn2)CC1. The number of nitrogens with one attached hydrogen (secondary N) is 1. The van der Waals surface area contributed by atoms with Crippen LogP contribution in [0, 0.1) is 0 Å². The van der Waals surface area contributed by atoms with Gasteiger partial charge in [-0.3, -0.25) is 14.5 Å². The summed E-state index contributed by atoms with van der Waals surface area (Å²) in [6, 6.07) is 7.43. The first-order valence-corrected chi connectivity index (χ1v) is 11.8. The number of nitrogens with zero attached hydrogens (tertiary/aromatic N) is 7. The molecular formula is C23H27B3N8O. The summed E-state index contributed by atoms with van der Waals surface area (Å²) in [6.45, 7) is 3.71. The molecular weight excluding hydrogens is 437 g/mol. The standard InChI is InChI=1S/C23H27B3N8O/c1-32-14-18(13-30-32)19-8-16-9-20(29-12-17(16)11-28-19)31-22(35)15-2-3-27-21(10-15)33-4-6-34(7-5-33)23(24,25)26/h2-3,8-14H,4-7,24-26H2,1H3,(H,29,31,35). The van der Waals surface area contributed by atoms with Gasteiger partial charge in [0.25, 0.3) is 5.91 Å². The first-order valence-electron chi connectivity index (χ1n) is 11.8. The number of amides is 1. The summed E-state index contributed by atoms with van der Waals surface area (Å²) in [5.41, 5.74) is 2.31. The normalized spacial score (nSPS) is 14.8. The van der Waals surface area contributed by atoms with E-state index in [-0.39, 0.29) is 11.1 Å². The van der Waals surface area contributed by atoms with Gasteiger partial charge in [0.15, 0.2) is 0 Å². The van der Waals surface area contributed by atoms with Crippen molar-refractivity contribution in [2.75, 3.05) is 36.4 Å². The minimum Gasteiger partial charge on any atom is -0.354 e. The van der Waals surface area contributed by atoms with Gasteiger partial charge in [-0.25, -0.2) is 9.97 Å². The molecule has 1 N–H and O–H groups in total. The summed E-state index contributed by atoms with van der Waals surface area (Å²) in [7, 11) is 8.59. The molecule has 0 aliphatic carbocycles. The number of aryl methyl sites for hydroxylation is 1. The molecule has 1 saturated heterocycles. The number of pyridine rings is 3. The Balaban J connectivity index is 1.31. The van der Waals surface area contributed by atoms with Crippen LogP contribution in [0.5, 0.6) is 0 Å². The fourth-order valence-corrected chi connectivity index (χ4v) is 4.35. The monoisotopic (exact) mass is 464 g/mol. The van der Waals surface area contributed by atoms with Crippen molar-refractivity contribution >= 4 is 51.9 Å². The van der Waals surface area contributed by atoms with Crippen molar-refractivity contribution in [2.24, 2.45) is 7.05 Å². The van der Waals surface area contributed by atoms with E-state index in [1.54, 1.807) is 35.5 Å². The molecule has 1 aliphatic heterocycles. The number of hydrogen-bond donors (Lipinski definition) is 1. The largest absolute Gasteiger partial charge is 0.354 e. The van der Waals surface area contributed by atoms with Crippen LogP contribution in [0.15, 0.2) is 55.2 Å². The zero-order chi connectivity index (χ0) is 24.6. The maximum Gasteiger partial charge on any atom is 0.257 e. The molecule has 0 aromatic carbocycles. The molecule has 1 aliphatic rings. The highest BCUT2D eigenvalue weighted by atomic mass is 16.1. The van der Waals surface area contributed by atoms with Gasteiger partial charge in [-0.1, -0.05) is 5.24 Å². The topological polar surface area (TPSA) is 92.1 Å². The molecule has 0 saturated carbocycles. The summed E-state index contributed by atoms with van der Waals surface area (Å²) in [6.07, 6.45) is 8.90. The van der Waals surface area contributed by atoms with Gasteiger partial charge in [0.2, 0.25) is 0 Å². The van der Waals surface area contributed by atoms with Crippen LogP contribution in [-0.2, 0) is 7.05 Å². The quantitative estimate of drug-likeness (QED) is 0.392. The van der Waals surface area contributed by atoms with Crippen molar-refractivity contribution in [1.82, 2.24) is 29.6 Å². The van der Waals surface area contributed by atoms with E-state index in [1.807, 2.05) is 31.4 Å². The van der Waals surface area contributed by atoms with Crippen LogP contribution in [0.1, 0.15) is 10.4 Å². The first-order chi connectivity index (χ1) is 16.8. The summed E-state index contributed by atoms with van der Waals surface area (Å²) in [5.74, 6) is 1.10. The lowest BCUT2D eigenvalue weighted by Gasteiger charge is -2.43. The zero-order valence-corrected chi connectivity index (χ0v) is 20.6. The van der Waals surface area contributed by atoms with Gasteiger partial charge in [0.1, 0.15) is 35.2 Å². The summed E-state index contributed by atoms with van der Waals surface area (Å²) in [5, 5.41) is 9.14. The second kappa shape index (κ2) is 9.18. The minimum absolute atomic E-state index is 0.156. The molecule has 12 heteroatoms. The number of carbonyl (C=O) groups is 1. The molecule has 1 fully saturated rings. The summed E-state index contributed by atoms with van der Waals surface area (Å²) in [4.78, 5) is 31.2. The highest BCUT2D eigenvalue weighted by Gasteiger charge is 2.26. The molecule has 5 rings (SSSR count). The zero-order valence-electron chi connectivity index (χ0n) is 20.6. The van der Waals surface area contributed by atoms with Gasteiger partial charge in [0.05, 0.1) is 11.9 Å². The predicted octanol–water partition coefficient (Wildman–Crippen LogP) is -0.690. The van der Waals surface area contributed by atoms with Gasteiger partial charge >= 0.3 is 0 Å². The molecule has 0 unspecified atom stereocenters. The van der Waals surface area contributed by atoms with Gasteiger partial charge in [0, 0.05) is 74.5 Å². The fourth-order valence-electron chi connectivity index (χ4n) is 4.35. The number of aromatic nitrogens is 5. The Morgan fingerprint density at radius 1 is 0.971 bits per heavy atom. The lowest BCUT2D eigenvalue weighted by Crippen LogP contribution is -2.58. The highest BCUT2D eigenvalue weighted by Crippen LogP contribution is 2.23. The Morgan fingerprint density at radius 2 is 1.74 bits per heavy atom. The van der Waals surface area contributed by atoms with Gasteiger partial charge in [-0.2, -0.15) is 5.10 Å². The Labute approximate surface area is 207 Å². The van der Waals surface area contributed by atoms with Crippen LogP contribution in [0.4, 0.5) is 11.6 Å². The van der Waals surface area contributed by atoms with Crippen LogP contribution < -0.4 is 10.2 Å². The molecule has 1 amide bonds. The van der Waals surface area contributed by atoms with Crippen LogP contribution in [0.25, 0.3) is 22.0 Å². The Bertz CT molecular complexity index is 1380. The average Bonchev–Trinajstić information content (AvgIpc) is 3.29. The van der Waals surface area contributed by atoms with E-state index in [4.69, 9.17) is 0 Å². The third-order valence-corrected chi connectivity index (χ3v) is 6.41. The van der Waals surface area contributed by atoms with Gasteiger partial charge in [-0.05, 0) is 29.7 Å². The smallest absolute Gasteiger partial charge is 0.257 e. The minimum atomic E-state index is -0.213. The van der Waals surface area contributed by atoms with E-state index in [0.29, 0.717) is 11.4 Å². The summed E-state index contributed by atoms with van der Waals surface area (Å²) < 4.78 is 1.74. The molecule has 4 aromatic heterocycles. The van der Waals surface area contributed by atoms with E-state index in [1.165, 1.54) is 0 Å². The number of piperazine rings is 1. The number of hydrogen-bond acceptors (Lipinski definition) is 7. The van der Waals surface area contributed by atoms with E-state index >= 15 is 0 Å². The molecule has 0 spiro atoms. The molecule has 35 heavy (non-hydrogen) atoms. The third-order valence-electron chi connectivity index (χ3n) is 6.41. The van der Waals surface area contributed by atoms with E-state index in [2.05, 4.69) is 58.7 Å². The molecule has 0 atom stereocenters. The Morgan fingerprint density at radius 3 is 2.46 bits per heavy atom. The van der Waals surface area contributed by atoms with Crippen molar-refractivity contribution in [2.45, 2.75) is 5.24 Å². The third kappa shape index (κ3) is 5.07. The molecule has 174 valence electrons. The average molecular weight is 464 g/mol. The van der Waals surface area contributed by atoms with Crippen LogP contribution >= 0.6 is 0 Å². The van der Waals surface area contributed by atoms with E-state index in [0.717, 1.165) is 54.0 Å². The summed E-state index contributed by atoms with van der Waals surface area (Å²) >= 11 is 0. The van der Waals surface area contributed by atoms with Crippen molar-refractivity contribution < 1.29 is 4.79 Å². The second-order valence-corrected chi connectivity index (χ2v) is 9.89. The van der Waals surface area contributed by atoms with Gasteiger partial charge < -0.3 is 15.1 Å². The number of rotatable bonds is 5. The maximum absolute atomic E-state index is 13.0. The maximum atomic E-state index is 13.0. The predicted molar refractivity (Wildman–Crippen MR) is 146 cm³/mol. The lowest BCUT2D eigenvalue weighted by atomic mass is 9.48. The Hall–Kier alpha value is -3.66. The lowest BCUT2D eigenvalue weighted by molar-refractivity contribution is 0.102. The van der Waals surface area contributed by atoms with Crippen molar-refractivity contribution in [3.63, 3.8) is 0 Å². The highest BCUT2D eigenvalue weighted by molar-refractivity contribution is 6.59. The molecule has 4 aromatic rings. The van der Waals surface area contributed by atoms with Crippen LogP contribution in [0.3, 0.4) is 0 Å². The Kier molecular flexibility index (Phi) is 6.06. The fraction of sp³-hybridized carbons (Fsp3) is 0.261. The van der Waals surface area contributed by atoms with Crippen LogP contribution in [-0.4, -0.2) is 90.5 Å².